The molecule has 17 heteroatoms. The summed E-state index contributed by atoms with van der Waals surface area (Å²) in [6, 6.07) is 2.07. The zero-order valence-electron chi connectivity index (χ0n) is 31.7. The molecule has 0 bridgehead atoms. The molecule has 0 fully saturated rings. The molecule has 1 heterocycles. The van der Waals surface area contributed by atoms with Gasteiger partial charge >= 0.3 is 30.2 Å². The number of rotatable bonds is 12. The molecule has 17 nitrogen and oxygen atoms in total. The topological polar surface area (TPSA) is 224 Å². The average molecular weight is 733 g/mol. The molecule has 52 heavy (non-hydrogen) atoms. The van der Waals surface area contributed by atoms with Crippen LogP contribution in [0.25, 0.3) is 10.9 Å². The summed E-state index contributed by atoms with van der Waals surface area (Å²) in [5.74, 6) is -3.80. The number of fused-ring (bicyclic) bond motifs is 1. The van der Waals surface area contributed by atoms with Crippen molar-refractivity contribution in [3.05, 3.63) is 36.0 Å². The first-order chi connectivity index (χ1) is 23.8. The fourth-order valence-electron chi connectivity index (χ4n) is 4.68. The molecule has 2 aromatic rings. The minimum Gasteiger partial charge on any atom is -0.480 e. The Labute approximate surface area is 303 Å². The second kappa shape index (κ2) is 17.2. The molecule has 0 aliphatic rings. The van der Waals surface area contributed by atoms with Crippen LogP contribution in [0.5, 0.6) is 0 Å². The molecule has 0 aliphatic carbocycles. The Bertz CT molecular complexity index is 1650. The Kier molecular flexibility index (Phi) is 14.2. The molecule has 288 valence electrons. The lowest BCUT2D eigenvalue weighted by molar-refractivity contribution is -0.157. The normalized spacial score (nSPS) is 13.5. The van der Waals surface area contributed by atoms with Crippen LogP contribution in [-0.4, -0.2) is 112 Å². The highest BCUT2D eigenvalue weighted by atomic mass is 16.6. The number of hydrogen-bond donors (Lipinski definition) is 5. The molecule has 5 amide bonds. The molecule has 3 atom stereocenters. The van der Waals surface area contributed by atoms with E-state index in [1.807, 2.05) is 0 Å². The van der Waals surface area contributed by atoms with Crippen molar-refractivity contribution >= 4 is 52.9 Å². The highest BCUT2D eigenvalue weighted by Gasteiger charge is 2.33. The number of carboxylic acids is 1. The predicted molar refractivity (Wildman–Crippen MR) is 189 cm³/mol. The third-order valence-electron chi connectivity index (χ3n) is 7.07. The van der Waals surface area contributed by atoms with Crippen molar-refractivity contribution in [1.29, 1.82) is 0 Å². The first kappa shape index (κ1) is 42.8. The van der Waals surface area contributed by atoms with E-state index in [1.165, 1.54) is 24.7 Å². The van der Waals surface area contributed by atoms with Gasteiger partial charge in [-0.3, -0.25) is 14.2 Å². The predicted octanol–water partition coefficient (Wildman–Crippen LogP) is 2.92. The molecular formula is C35H52N6O11. The standard InChI is InChI=1S/C35H52N6O11/c1-20(40(11)26(43)18-37-31(48)51-34(5,6)7)27(28(44)45)39-25(42)17-36-30(47)38-23(29(46)50-33(2,3)4)16-21-19-41(32(49)52-35(8,9)10)24-15-13-12-14-22(21)24/h12-15,19-20,23,27H,16-18H2,1-11H3,(H,37,48)(H,39,42)(H,44,45)(H2,36,38,47)/t20-,23-,27-/m0/s1. The second-order valence-electron chi connectivity index (χ2n) is 15.1. The van der Waals surface area contributed by atoms with Crippen LogP contribution in [0.3, 0.4) is 0 Å². The van der Waals surface area contributed by atoms with Crippen LogP contribution in [0.1, 0.15) is 74.8 Å². The van der Waals surface area contributed by atoms with Crippen molar-refractivity contribution in [1.82, 2.24) is 30.7 Å². The van der Waals surface area contributed by atoms with Crippen molar-refractivity contribution in [2.75, 3.05) is 20.1 Å². The van der Waals surface area contributed by atoms with E-state index >= 15 is 0 Å². The number of aromatic nitrogens is 1. The van der Waals surface area contributed by atoms with E-state index in [4.69, 9.17) is 14.2 Å². The minimum absolute atomic E-state index is 0.105. The molecule has 2 rings (SSSR count). The number of likely N-dealkylation sites (N-methyl/N-ethyl adjacent to an activating group) is 1. The van der Waals surface area contributed by atoms with Crippen LogP contribution in [0.2, 0.25) is 0 Å². The van der Waals surface area contributed by atoms with E-state index in [1.54, 1.807) is 86.6 Å². The van der Waals surface area contributed by atoms with E-state index in [-0.39, 0.29) is 6.42 Å². The van der Waals surface area contributed by atoms with E-state index in [0.717, 1.165) is 4.90 Å². The Morgan fingerprint density at radius 2 is 1.38 bits per heavy atom. The third-order valence-corrected chi connectivity index (χ3v) is 7.07. The summed E-state index contributed by atoms with van der Waals surface area (Å²) >= 11 is 0. The number of alkyl carbamates (subject to hydrolysis) is 1. The smallest absolute Gasteiger partial charge is 0.419 e. The summed E-state index contributed by atoms with van der Waals surface area (Å²) in [5.41, 5.74) is -1.44. The minimum atomic E-state index is -1.59. The van der Waals surface area contributed by atoms with E-state index < -0.39 is 90.0 Å². The molecule has 1 aromatic carbocycles. The van der Waals surface area contributed by atoms with Crippen LogP contribution in [0, 0.1) is 0 Å². The number of amides is 5. The number of carbonyl (C=O) groups excluding carboxylic acids is 6. The Morgan fingerprint density at radius 3 is 1.94 bits per heavy atom. The number of para-hydroxylation sites is 1. The van der Waals surface area contributed by atoms with Gasteiger partial charge in [-0.25, -0.2) is 24.0 Å². The van der Waals surface area contributed by atoms with Gasteiger partial charge in [0.2, 0.25) is 11.8 Å². The van der Waals surface area contributed by atoms with Gasteiger partial charge in [0.05, 0.1) is 18.1 Å². The van der Waals surface area contributed by atoms with Crippen LogP contribution in [0.15, 0.2) is 30.5 Å². The molecule has 1 aromatic heterocycles. The maximum atomic E-state index is 13.3. The van der Waals surface area contributed by atoms with Gasteiger partial charge < -0.3 is 45.5 Å². The lowest BCUT2D eigenvalue weighted by Gasteiger charge is -2.30. The van der Waals surface area contributed by atoms with Gasteiger partial charge in [-0.15, -0.1) is 0 Å². The number of aliphatic carboxylic acids is 1. The number of esters is 1. The number of hydrogen-bond acceptors (Lipinski definition) is 10. The van der Waals surface area contributed by atoms with Crippen molar-refractivity contribution in [3.8, 4) is 0 Å². The van der Waals surface area contributed by atoms with E-state index in [0.29, 0.717) is 16.5 Å². The lowest BCUT2D eigenvalue weighted by Crippen LogP contribution is -2.57. The molecule has 0 saturated heterocycles. The zero-order chi connectivity index (χ0) is 39.8. The van der Waals surface area contributed by atoms with Crippen LogP contribution < -0.4 is 21.3 Å². The molecule has 5 N–H and O–H groups in total. The monoisotopic (exact) mass is 732 g/mol. The molecule has 0 aliphatic heterocycles. The van der Waals surface area contributed by atoms with Crippen LogP contribution in [0.4, 0.5) is 14.4 Å². The van der Waals surface area contributed by atoms with Crippen LogP contribution in [-0.2, 0) is 39.8 Å². The van der Waals surface area contributed by atoms with Gasteiger partial charge in [0.1, 0.15) is 35.4 Å². The largest absolute Gasteiger partial charge is 0.480 e. The van der Waals surface area contributed by atoms with Gasteiger partial charge in [-0.2, -0.15) is 0 Å². The summed E-state index contributed by atoms with van der Waals surface area (Å²) in [5, 5.41) is 19.8. The summed E-state index contributed by atoms with van der Waals surface area (Å²) < 4.78 is 17.5. The molecular weight excluding hydrogens is 680 g/mol. The summed E-state index contributed by atoms with van der Waals surface area (Å²) in [6.07, 6.45) is -0.0588. The van der Waals surface area contributed by atoms with Gasteiger partial charge in [-0.05, 0) is 80.9 Å². The second-order valence-corrected chi connectivity index (χ2v) is 15.1. The summed E-state index contributed by atoms with van der Waals surface area (Å²) in [6.45, 7) is 15.3. The lowest BCUT2D eigenvalue weighted by atomic mass is 10.0. The van der Waals surface area contributed by atoms with Gasteiger partial charge in [0.25, 0.3) is 0 Å². The first-order valence-electron chi connectivity index (χ1n) is 16.6. The number of carbonyl (C=O) groups is 7. The Morgan fingerprint density at radius 1 is 0.808 bits per heavy atom. The maximum Gasteiger partial charge on any atom is 0.419 e. The van der Waals surface area contributed by atoms with E-state index in [9.17, 15) is 38.7 Å². The maximum absolute atomic E-state index is 13.3. The summed E-state index contributed by atoms with van der Waals surface area (Å²) in [4.78, 5) is 89.7. The quantitative estimate of drug-likeness (QED) is 0.158. The number of nitrogens with zero attached hydrogens (tertiary/aromatic N) is 2. The Balaban J connectivity index is 2.15. The molecule has 0 spiro atoms. The van der Waals surface area contributed by atoms with E-state index in [2.05, 4.69) is 21.3 Å². The van der Waals surface area contributed by atoms with Gasteiger partial charge in [-0.1, -0.05) is 18.2 Å². The fraction of sp³-hybridized carbons (Fsp3) is 0.571. The number of carboxylic acid groups (broad SMARTS) is 1. The number of ether oxygens (including phenoxy) is 3. The SMILES string of the molecule is C[C@@H]([C@H](NC(=O)CNC(=O)N[C@@H](Cc1cn(C(=O)OC(C)(C)C)c2ccccc12)C(=O)OC(C)(C)C)C(=O)O)N(C)C(=O)CNC(=O)OC(C)(C)C. The first-order valence-corrected chi connectivity index (χ1v) is 16.6. The van der Waals surface area contributed by atoms with Crippen molar-refractivity contribution in [3.63, 3.8) is 0 Å². The number of urea groups is 1. The highest BCUT2D eigenvalue weighted by Crippen LogP contribution is 2.25. The Hall–Kier alpha value is -5.35. The molecule has 0 saturated carbocycles. The number of benzene rings is 1. The van der Waals surface area contributed by atoms with Crippen molar-refractivity contribution in [2.45, 2.75) is 111 Å². The average Bonchev–Trinajstić information content (AvgIpc) is 3.36. The fourth-order valence-corrected chi connectivity index (χ4v) is 4.68. The molecule has 0 unspecified atom stereocenters. The van der Waals surface area contributed by atoms with Crippen LogP contribution >= 0.6 is 0 Å². The zero-order valence-corrected chi connectivity index (χ0v) is 31.7. The van der Waals surface area contributed by atoms with Crippen molar-refractivity contribution in [2.24, 2.45) is 0 Å². The third kappa shape index (κ3) is 13.8. The molecule has 0 radical (unpaired) electrons. The van der Waals surface area contributed by atoms with Crippen molar-refractivity contribution < 1.29 is 52.9 Å². The summed E-state index contributed by atoms with van der Waals surface area (Å²) in [7, 11) is 1.30. The number of nitrogens with one attached hydrogen (secondary N) is 4. The van der Waals surface area contributed by atoms with Gasteiger partial charge in [0, 0.05) is 25.1 Å². The highest BCUT2D eigenvalue weighted by molar-refractivity contribution is 5.93. The van der Waals surface area contributed by atoms with Gasteiger partial charge in [0.15, 0.2) is 0 Å².